The fourth-order valence-electron chi connectivity index (χ4n) is 1.71. The third-order valence-corrected chi connectivity index (χ3v) is 2.68. The Labute approximate surface area is 111 Å². The zero-order valence-electron chi connectivity index (χ0n) is 12.6. The second-order valence-electron chi connectivity index (χ2n) is 5.94. The molecular formula is C14H27N3O. The topological polar surface area (TPSA) is 39.1 Å². The van der Waals surface area contributed by atoms with Gasteiger partial charge in [-0.25, -0.2) is 4.98 Å². The van der Waals surface area contributed by atoms with Gasteiger partial charge in [-0.2, -0.15) is 0 Å². The van der Waals surface area contributed by atoms with Crippen LogP contribution in [0.5, 0.6) is 0 Å². The number of rotatable bonds is 6. The fraction of sp³-hybridized carbons (Fsp3) is 0.786. The highest BCUT2D eigenvalue weighted by Gasteiger charge is 2.11. The molecule has 0 fully saturated rings. The average Bonchev–Trinajstić information content (AvgIpc) is 2.56. The maximum absolute atomic E-state index is 5.77. The van der Waals surface area contributed by atoms with Crippen molar-refractivity contribution in [2.75, 3.05) is 6.61 Å². The van der Waals surface area contributed by atoms with Gasteiger partial charge in [0.2, 0.25) is 0 Å². The van der Waals surface area contributed by atoms with E-state index in [2.05, 4.69) is 49.5 Å². The van der Waals surface area contributed by atoms with Crippen molar-refractivity contribution in [3.63, 3.8) is 0 Å². The van der Waals surface area contributed by atoms with Crippen LogP contribution < -0.4 is 5.32 Å². The van der Waals surface area contributed by atoms with Crippen LogP contribution in [0.3, 0.4) is 0 Å². The largest absolute Gasteiger partial charge is 0.374 e. The van der Waals surface area contributed by atoms with E-state index in [0.717, 1.165) is 25.5 Å². The van der Waals surface area contributed by atoms with Crippen LogP contribution in [-0.4, -0.2) is 27.8 Å². The van der Waals surface area contributed by atoms with E-state index < -0.39 is 0 Å². The third kappa shape index (κ3) is 5.19. The number of nitrogens with zero attached hydrogens (tertiary/aromatic N) is 2. The van der Waals surface area contributed by atoms with Gasteiger partial charge in [-0.1, -0.05) is 13.8 Å². The predicted octanol–water partition coefficient (Wildman–Crippen LogP) is 2.50. The molecule has 104 valence electrons. The molecule has 0 unspecified atom stereocenters. The lowest BCUT2D eigenvalue weighted by molar-refractivity contribution is -0.00725. The first-order chi connectivity index (χ1) is 8.29. The van der Waals surface area contributed by atoms with Gasteiger partial charge in [0.1, 0.15) is 5.82 Å². The van der Waals surface area contributed by atoms with E-state index in [-0.39, 0.29) is 5.60 Å². The van der Waals surface area contributed by atoms with E-state index >= 15 is 0 Å². The minimum absolute atomic E-state index is 0.0785. The molecule has 0 aliphatic carbocycles. The summed E-state index contributed by atoms with van der Waals surface area (Å²) in [7, 11) is 0. The first-order valence-corrected chi connectivity index (χ1v) is 6.68. The molecule has 1 rings (SSSR count). The number of aryl methyl sites for hydroxylation is 1. The van der Waals surface area contributed by atoms with Crippen LogP contribution in [0.15, 0.2) is 6.20 Å². The summed E-state index contributed by atoms with van der Waals surface area (Å²) >= 11 is 0. The lowest BCUT2D eigenvalue weighted by atomic mass is 10.2. The van der Waals surface area contributed by atoms with Crippen molar-refractivity contribution in [1.29, 1.82) is 0 Å². The number of aromatic nitrogens is 2. The summed E-state index contributed by atoms with van der Waals surface area (Å²) in [6.07, 6.45) is 1.95. The van der Waals surface area contributed by atoms with Crippen LogP contribution in [0, 0.1) is 6.92 Å². The molecule has 0 saturated carbocycles. The predicted molar refractivity (Wildman–Crippen MR) is 74.6 cm³/mol. The van der Waals surface area contributed by atoms with Crippen molar-refractivity contribution in [2.45, 2.75) is 66.3 Å². The summed E-state index contributed by atoms with van der Waals surface area (Å²) in [6.45, 7) is 15.0. The highest BCUT2D eigenvalue weighted by Crippen LogP contribution is 2.09. The zero-order valence-corrected chi connectivity index (χ0v) is 12.6. The Balaban J connectivity index is 2.55. The van der Waals surface area contributed by atoms with E-state index in [1.54, 1.807) is 0 Å². The Hall–Kier alpha value is -0.870. The van der Waals surface area contributed by atoms with Crippen LogP contribution >= 0.6 is 0 Å². The number of nitrogens with one attached hydrogen (secondary N) is 1. The Kier molecular flexibility index (Phi) is 5.35. The molecular weight excluding hydrogens is 226 g/mol. The van der Waals surface area contributed by atoms with Gasteiger partial charge in [-0.05, 0) is 27.7 Å². The normalized spacial score (nSPS) is 12.4. The van der Waals surface area contributed by atoms with Crippen molar-refractivity contribution >= 4 is 0 Å². The monoisotopic (exact) mass is 253 g/mol. The minimum atomic E-state index is -0.0785. The highest BCUT2D eigenvalue weighted by atomic mass is 16.5. The maximum Gasteiger partial charge on any atom is 0.105 e. The van der Waals surface area contributed by atoms with Gasteiger partial charge < -0.3 is 14.6 Å². The molecule has 0 atom stereocenters. The van der Waals surface area contributed by atoms with Gasteiger partial charge in [0.15, 0.2) is 0 Å². The van der Waals surface area contributed by atoms with E-state index in [9.17, 15) is 0 Å². The van der Waals surface area contributed by atoms with Crippen LogP contribution in [0.1, 0.15) is 46.1 Å². The number of ether oxygens (including phenoxy) is 1. The molecule has 0 aromatic carbocycles. The van der Waals surface area contributed by atoms with Gasteiger partial charge in [-0.15, -0.1) is 0 Å². The van der Waals surface area contributed by atoms with Crippen LogP contribution in [0.4, 0.5) is 0 Å². The Bertz CT molecular complexity index is 364. The molecule has 18 heavy (non-hydrogen) atoms. The second-order valence-corrected chi connectivity index (χ2v) is 5.94. The van der Waals surface area contributed by atoms with Crippen molar-refractivity contribution in [1.82, 2.24) is 14.9 Å². The van der Waals surface area contributed by atoms with E-state index in [1.165, 1.54) is 5.69 Å². The quantitative estimate of drug-likeness (QED) is 0.846. The first-order valence-electron chi connectivity index (χ1n) is 6.68. The molecule has 0 bridgehead atoms. The molecule has 4 nitrogen and oxygen atoms in total. The van der Waals surface area contributed by atoms with Gasteiger partial charge in [0, 0.05) is 25.3 Å². The van der Waals surface area contributed by atoms with Crippen LogP contribution in [0.25, 0.3) is 0 Å². The molecule has 0 spiro atoms. The Morgan fingerprint density at radius 3 is 2.61 bits per heavy atom. The van der Waals surface area contributed by atoms with Gasteiger partial charge in [0.05, 0.1) is 17.9 Å². The lowest BCUT2D eigenvalue weighted by Gasteiger charge is -2.20. The average molecular weight is 253 g/mol. The van der Waals surface area contributed by atoms with Gasteiger partial charge >= 0.3 is 0 Å². The summed E-state index contributed by atoms with van der Waals surface area (Å²) in [5, 5.41) is 3.42. The SMILES string of the molecule is Cc1ncc(CNC(C)C)n1CCOC(C)(C)C. The number of hydrogen-bond donors (Lipinski definition) is 1. The molecule has 1 aromatic heterocycles. The van der Waals surface area contributed by atoms with Crippen molar-refractivity contribution < 1.29 is 4.74 Å². The summed E-state index contributed by atoms with van der Waals surface area (Å²) in [6, 6.07) is 0.486. The van der Waals surface area contributed by atoms with Crippen molar-refractivity contribution in [3.8, 4) is 0 Å². The van der Waals surface area contributed by atoms with Crippen LogP contribution in [0.2, 0.25) is 0 Å². The standard InChI is InChI=1S/C14H27N3O/c1-11(2)15-9-13-10-16-12(3)17(13)7-8-18-14(4,5)6/h10-11,15H,7-9H2,1-6H3. The van der Waals surface area contributed by atoms with Crippen LogP contribution in [-0.2, 0) is 17.8 Å². The summed E-state index contributed by atoms with van der Waals surface area (Å²) in [4.78, 5) is 4.38. The second kappa shape index (κ2) is 6.34. The molecule has 0 aliphatic heterocycles. The molecule has 0 aliphatic rings. The number of hydrogen-bond acceptors (Lipinski definition) is 3. The van der Waals surface area contributed by atoms with E-state index in [0.29, 0.717) is 6.04 Å². The third-order valence-electron chi connectivity index (χ3n) is 2.68. The molecule has 4 heteroatoms. The minimum Gasteiger partial charge on any atom is -0.374 e. The number of imidazole rings is 1. The first kappa shape index (κ1) is 15.2. The van der Waals surface area contributed by atoms with Gasteiger partial charge in [0.25, 0.3) is 0 Å². The maximum atomic E-state index is 5.77. The van der Waals surface area contributed by atoms with Gasteiger partial charge in [-0.3, -0.25) is 0 Å². The fourth-order valence-corrected chi connectivity index (χ4v) is 1.71. The summed E-state index contributed by atoms with van der Waals surface area (Å²) < 4.78 is 7.99. The molecule has 0 amide bonds. The molecule has 0 saturated heterocycles. The van der Waals surface area contributed by atoms with E-state index in [1.807, 2.05) is 13.1 Å². The molecule has 1 heterocycles. The lowest BCUT2D eigenvalue weighted by Crippen LogP contribution is -2.25. The van der Waals surface area contributed by atoms with Crippen molar-refractivity contribution in [2.24, 2.45) is 0 Å². The Morgan fingerprint density at radius 1 is 1.39 bits per heavy atom. The summed E-state index contributed by atoms with van der Waals surface area (Å²) in [5.74, 6) is 1.05. The van der Waals surface area contributed by atoms with Crippen molar-refractivity contribution in [3.05, 3.63) is 17.7 Å². The van der Waals surface area contributed by atoms with E-state index in [4.69, 9.17) is 4.74 Å². The Morgan fingerprint density at radius 2 is 2.06 bits per heavy atom. The summed E-state index contributed by atoms with van der Waals surface area (Å²) in [5.41, 5.74) is 1.14. The molecule has 1 N–H and O–H groups in total. The zero-order chi connectivity index (χ0) is 13.8. The molecule has 1 aromatic rings. The highest BCUT2D eigenvalue weighted by molar-refractivity contribution is 5.04. The smallest absolute Gasteiger partial charge is 0.105 e. The molecule has 0 radical (unpaired) electrons.